The number of fused-ring (bicyclic) bond motifs is 3. The lowest BCUT2D eigenvalue weighted by Crippen LogP contribution is -2.39. The van der Waals surface area contributed by atoms with Crippen LogP contribution in [0, 0.1) is 0 Å². The number of thioether (sulfide) groups is 1. The van der Waals surface area contributed by atoms with Crippen LogP contribution in [-0.2, 0) is 23.7 Å². The standard InChI is InChI=1S/C24H25N3O2S/c1-4-24(2)14-16-10-8-9-13-18(16)21-20(24)22(29)27(3)23(26-21)30-15-19(28)25-17-11-6-5-7-12-17/h5-13H,4,14-15H2,1-3H3,(H,25,28)/t24-/m0/s1. The monoisotopic (exact) mass is 419 g/mol. The van der Waals surface area contributed by atoms with Crippen LogP contribution in [0.1, 0.15) is 31.4 Å². The second kappa shape index (κ2) is 8.11. The SMILES string of the molecule is CC[C@@]1(C)Cc2ccccc2-c2nc(SCC(=O)Nc3ccccc3)n(C)c(=O)c21. The highest BCUT2D eigenvalue weighted by Gasteiger charge is 2.37. The van der Waals surface area contributed by atoms with E-state index in [4.69, 9.17) is 4.98 Å². The van der Waals surface area contributed by atoms with Crippen molar-refractivity contribution in [3.8, 4) is 11.3 Å². The topological polar surface area (TPSA) is 64.0 Å². The average molecular weight is 420 g/mol. The Bertz CT molecular complexity index is 1160. The number of para-hydroxylation sites is 1. The summed E-state index contributed by atoms with van der Waals surface area (Å²) in [5, 5.41) is 3.42. The lowest BCUT2D eigenvalue weighted by Gasteiger charge is -2.35. The average Bonchev–Trinajstić information content (AvgIpc) is 2.75. The highest BCUT2D eigenvalue weighted by Crippen LogP contribution is 2.42. The van der Waals surface area contributed by atoms with Gasteiger partial charge in [0.1, 0.15) is 0 Å². The molecule has 0 spiro atoms. The molecule has 6 heteroatoms. The summed E-state index contributed by atoms with van der Waals surface area (Å²) < 4.78 is 1.58. The van der Waals surface area contributed by atoms with E-state index in [9.17, 15) is 9.59 Å². The molecule has 1 amide bonds. The molecule has 1 N–H and O–H groups in total. The van der Waals surface area contributed by atoms with Crippen molar-refractivity contribution in [1.29, 1.82) is 0 Å². The zero-order valence-electron chi connectivity index (χ0n) is 17.4. The molecule has 5 nitrogen and oxygen atoms in total. The summed E-state index contributed by atoms with van der Waals surface area (Å²) in [7, 11) is 1.74. The molecular formula is C24H25N3O2S. The number of nitrogens with zero attached hydrogens (tertiary/aromatic N) is 2. The summed E-state index contributed by atoms with van der Waals surface area (Å²) in [6.07, 6.45) is 1.69. The predicted octanol–water partition coefficient (Wildman–Crippen LogP) is 4.40. The van der Waals surface area contributed by atoms with Crippen molar-refractivity contribution in [1.82, 2.24) is 9.55 Å². The number of nitrogens with one attached hydrogen (secondary N) is 1. The van der Waals surface area contributed by atoms with Crippen molar-refractivity contribution >= 4 is 23.4 Å². The lowest BCUT2D eigenvalue weighted by atomic mass is 9.69. The Morgan fingerprint density at radius 3 is 2.60 bits per heavy atom. The fraction of sp³-hybridized carbons (Fsp3) is 0.292. The van der Waals surface area contributed by atoms with Gasteiger partial charge in [-0.05, 0) is 30.5 Å². The van der Waals surface area contributed by atoms with Crippen LogP contribution in [0.2, 0.25) is 0 Å². The third-order valence-electron chi connectivity index (χ3n) is 5.88. The number of anilines is 1. The van der Waals surface area contributed by atoms with Crippen LogP contribution in [0.25, 0.3) is 11.3 Å². The first-order chi connectivity index (χ1) is 14.4. The van der Waals surface area contributed by atoms with Gasteiger partial charge in [-0.15, -0.1) is 0 Å². The van der Waals surface area contributed by atoms with Crippen LogP contribution in [0.15, 0.2) is 64.5 Å². The Hall–Kier alpha value is -2.86. The normalized spacial score (nSPS) is 17.2. The molecule has 4 rings (SSSR count). The summed E-state index contributed by atoms with van der Waals surface area (Å²) in [4.78, 5) is 30.6. The Balaban J connectivity index is 1.68. The zero-order chi connectivity index (χ0) is 21.3. The summed E-state index contributed by atoms with van der Waals surface area (Å²) in [6.45, 7) is 4.26. The first-order valence-corrected chi connectivity index (χ1v) is 11.1. The number of hydrogen-bond donors (Lipinski definition) is 1. The quantitative estimate of drug-likeness (QED) is 0.492. The fourth-order valence-electron chi connectivity index (χ4n) is 4.02. The van der Waals surface area contributed by atoms with E-state index in [1.54, 1.807) is 11.6 Å². The van der Waals surface area contributed by atoms with Crippen molar-refractivity contribution < 1.29 is 4.79 Å². The van der Waals surface area contributed by atoms with E-state index in [1.807, 2.05) is 48.5 Å². The Kier molecular flexibility index (Phi) is 5.52. The van der Waals surface area contributed by atoms with Gasteiger partial charge in [-0.25, -0.2) is 4.98 Å². The van der Waals surface area contributed by atoms with E-state index in [0.717, 1.165) is 35.3 Å². The minimum Gasteiger partial charge on any atom is -0.325 e. The van der Waals surface area contributed by atoms with Crippen molar-refractivity contribution in [3.63, 3.8) is 0 Å². The van der Waals surface area contributed by atoms with E-state index < -0.39 is 0 Å². The van der Waals surface area contributed by atoms with E-state index >= 15 is 0 Å². The van der Waals surface area contributed by atoms with Crippen LogP contribution < -0.4 is 10.9 Å². The lowest BCUT2D eigenvalue weighted by molar-refractivity contribution is -0.113. The van der Waals surface area contributed by atoms with Gasteiger partial charge in [0.15, 0.2) is 5.16 Å². The molecule has 1 aromatic heterocycles. The fourth-order valence-corrected chi connectivity index (χ4v) is 4.78. The molecule has 1 aliphatic rings. The molecule has 1 atom stereocenters. The minimum atomic E-state index is -0.251. The van der Waals surface area contributed by atoms with Crippen LogP contribution in [0.3, 0.4) is 0 Å². The Morgan fingerprint density at radius 2 is 1.87 bits per heavy atom. The van der Waals surface area contributed by atoms with E-state index in [-0.39, 0.29) is 22.6 Å². The van der Waals surface area contributed by atoms with Gasteiger partial charge in [-0.1, -0.05) is 68.1 Å². The Labute approximate surface area is 180 Å². The maximum atomic E-state index is 13.4. The van der Waals surface area contributed by atoms with Crippen molar-refractivity contribution in [2.75, 3.05) is 11.1 Å². The molecule has 30 heavy (non-hydrogen) atoms. The van der Waals surface area contributed by atoms with Gasteiger partial charge in [-0.3, -0.25) is 14.2 Å². The van der Waals surface area contributed by atoms with Gasteiger partial charge in [0.2, 0.25) is 5.91 Å². The van der Waals surface area contributed by atoms with Gasteiger partial charge >= 0.3 is 0 Å². The molecule has 3 aromatic rings. The molecule has 0 saturated heterocycles. The molecule has 154 valence electrons. The third kappa shape index (κ3) is 3.67. The molecule has 1 aliphatic carbocycles. The first-order valence-electron chi connectivity index (χ1n) is 10.1. The third-order valence-corrected chi connectivity index (χ3v) is 6.91. The first kappa shape index (κ1) is 20.4. The molecule has 0 saturated carbocycles. The van der Waals surface area contributed by atoms with Gasteiger partial charge in [0, 0.05) is 23.7 Å². The number of carbonyl (C=O) groups excluding carboxylic acids is 1. The highest BCUT2D eigenvalue weighted by atomic mass is 32.2. The number of aromatic nitrogens is 2. The molecule has 0 radical (unpaired) electrons. The van der Waals surface area contributed by atoms with Gasteiger partial charge < -0.3 is 5.32 Å². The predicted molar refractivity (Wildman–Crippen MR) is 122 cm³/mol. The molecular weight excluding hydrogens is 394 g/mol. The van der Waals surface area contributed by atoms with E-state index in [0.29, 0.717) is 5.16 Å². The second-order valence-electron chi connectivity index (χ2n) is 7.93. The number of hydrogen-bond acceptors (Lipinski definition) is 4. The Morgan fingerprint density at radius 1 is 1.17 bits per heavy atom. The highest BCUT2D eigenvalue weighted by molar-refractivity contribution is 7.99. The minimum absolute atomic E-state index is 0.0233. The molecule has 0 aliphatic heterocycles. The van der Waals surface area contributed by atoms with Gasteiger partial charge in [0.25, 0.3) is 5.56 Å². The van der Waals surface area contributed by atoms with Gasteiger partial charge in [0.05, 0.1) is 17.0 Å². The number of rotatable bonds is 5. The van der Waals surface area contributed by atoms with Crippen molar-refractivity contribution in [2.45, 2.75) is 37.3 Å². The molecule has 2 aromatic carbocycles. The molecule has 0 fully saturated rings. The largest absolute Gasteiger partial charge is 0.325 e. The number of benzene rings is 2. The van der Waals surface area contributed by atoms with Crippen molar-refractivity contribution in [3.05, 3.63) is 76.1 Å². The summed E-state index contributed by atoms with van der Waals surface area (Å²) in [5.74, 6) is 0.0534. The molecule has 1 heterocycles. The number of amides is 1. The smallest absolute Gasteiger partial charge is 0.258 e. The van der Waals surface area contributed by atoms with Crippen LogP contribution in [-0.4, -0.2) is 21.2 Å². The molecule has 0 bridgehead atoms. The van der Waals surface area contributed by atoms with Crippen LogP contribution in [0.5, 0.6) is 0 Å². The van der Waals surface area contributed by atoms with Crippen molar-refractivity contribution in [2.24, 2.45) is 7.05 Å². The van der Waals surface area contributed by atoms with Crippen LogP contribution >= 0.6 is 11.8 Å². The second-order valence-corrected chi connectivity index (χ2v) is 8.88. The summed E-state index contributed by atoms with van der Waals surface area (Å²) in [6, 6.07) is 17.5. The molecule has 0 unspecified atom stereocenters. The summed E-state index contributed by atoms with van der Waals surface area (Å²) >= 11 is 1.28. The maximum absolute atomic E-state index is 13.4. The van der Waals surface area contributed by atoms with E-state index in [2.05, 4.69) is 25.2 Å². The zero-order valence-corrected chi connectivity index (χ0v) is 18.3. The van der Waals surface area contributed by atoms with Crippen LogP contribution in [0.4, 0.5) is 5.69 Å². The maximum Gasteiger partial charge on any atom is 0.258 e. The van der Waals surface area contributed by atoms with Gasteiger partial charge in [-0.2, -0.15) is 0 Å². The number of carbonyl (C=O) groups is 1. The van der Waals surface area contributed by atoms with E-state index in [1.165, 1.54) is 17.3 Å². The summed E-state index contributed by atoms with van der Waals surface area (Å²) in [5.41, 5.74) is 4.26.